The van der Waals surface area contributed by atoms with Gasteiger partial charge in [0, 0.05) is 12.0 Å². The fourth-order valence-electron chi connectivity index (χ4n) is 1.90. The maximum Gasteiger partial charge on any atom is 0.306 e. The minimum absolute atomic E-state index is 0.0487. The van der Waals surface area contributed by atoms with Gasteiger partial charge in [-0.2, -0.15) is 0 Å². The first kappa shape index (κ1) is 12.4. The number of hydrogen-bond donors (Lipinski definition) is 2. The Labute approximate surface area is 89.0 Å². The zero-order valence-corrected chi connectivity index (χ0v) is 9.46. The minimum Gasteiger partial charge on any atom is -0.481 e. The molecule has 0 aliphatic heterocycles. The SMILES string of the molecule is CS(=O)(=O)CCCC1(O)CC(C(=O)O)C1. The standard InChI is InChI=1S/C9H16O5S/c1-15(13,14)4-2-3-9(12)5-7(6-9)8(10)11/h7,12H,2-6H2,1H3,(H,10,11). The molecule has 1 saturated carbocycles. The quantitative estimate of drug-likeness (QED) is 0.703. The van der Waals surface area contributed by atoms with Crippen molar-refractivity contribution >= 4 is 15.8 Å². The molecule has 0 aromatic heterocycles. The predicted molar refractivity (Wildman–Crippen MR) is 54.3 cm³/mol. The summed E-state index contributed by atoms with van der Waals surface area (Å²) in [6.07, 6.45) is 2.39. The van der Waals surface area contributed by atoms with Crippen LogP contribution in [-0.2, 0) is 14.6 Å². The number of hydrogen-bond acceptors (Lipinski definition) is 4. The van der Waals surface area contributed by atoms with Gasteiger partial charge < -0.3 is 10.2 Å². The van der Waals surface area contributed by atoms with Gasteiger partial charge in [0.15, 0.2) is 0 Å². The number of sulfone groups is 1. The molecule has 88 valence electrons. The number of carbonyl (C=O) groups is 1. The van der Waals surface area contributed by atoms with Gasteiger partial charge in [0.2, 0.25) is 0 Å². The van der Waals surface area contributed by atoms with E-state index >= 15 is 0 Å². The molecule has 1 aliphatic rings. The van der Waals surface area contributed by atoms with Crippen LogP contribution in [-0.4, -0.2) is 42.2 Å². The summed E-state index contributed by atoms with van der Waals surface area (Å²) in [5.74, 6) is -1.30. The van der Waals surface area contributed by atoms with Gasteiger partial charge in [0.05, 0.1) is 11.5 Å². The molecular formula is C9H16O5S. The summed E-state index contributed by atoms with van der Waals surface area (Å²) in [5, 5.41) is 18.4. The molecule has 5 nitrogen and oxygen atoms in total. The molecule has 0 radical (unpaired) electrons. The zero-order chi connectivity index (χ0) is 11.7. The number of aliphatic hydroxyl groups is 1. The molecule has 0 bridgehead atoms. The van der Waals surface area contributed by atoms with Crippen LogP contribution in [0.3, 0.4) is 0 Å². The van der Waals surface area contributed by atoms with Crippen molar-refractivity contribution in [3.63, 3.8) is 0 Å². The monoisotopic (exact) mass is 236 g/mol. The first-order valence-corrected chi connectivity index (χ1v) is 6.91. The highest BCUT2D eigenvalue weighted by Crippen LogP contribution is 2.41. The van der Waals surface area contributed by atoms with Gasteiger partial charge in [-0.3, -0.25) is 4.79 Å². The molecule has 1 fully saturated rings. The van der Waals surface area contributed by atoms with E-state index in [1.165, 1.54) is 0 Å². The number of aliphatic carboxylic acids is 1. The number of carboxylic acids is 1. The Hall–Kier alpha value is -0.620. The van der Waals surface area contributed by atoms with Crippen molar-refractivity contribution in [2.24, 2.45) is 5.92 Å². The largest absolute Gasteiger partial charge is 0.481 e. The van der Waals surface area contributed by atoms with Crippen molar-refractivity contribution in [2.45, 2.75) is 31.3 Å². The maximum absolute atomic E-state index is 10.8. The molecule has 2 N–H and O–H groups in total. The first-order valence-electron chi connectivity index (χ1n) is 4.85. The highest BCUT2D eigenvalue weighted by atomic mass is 32.2. The Morgan fingerprint density at radius 2 is 2.00 bits per heavy atom. The molecule has 0 spiro atoms. The second-order valence-corrected chi connectivity index (χ2v) is 6.66. The van der Waals surface area contributed by atoms with Gasteiger partial charge in [-0.05, 0) is 25.7 Å². The molecule has 0 amide bonds. The topological polar surface area (TPSA) is 91.7 Å². The van der Waals surface area contributed by atoms with E-state index in [0.717, 1.165) is 6.26 Å². The van der Waals surface area contributed by atoms with Crippen LogP contribution in [0.25, 0.3) is 0 Å². The second-order valence-electron chi connectivity index (χ2n) is 4.40. The van der Waals surface area contributed by atoms with Crippen LogP contribution < -0.4 is 0 Å². The molecule has 0 atom stereocenters. The van der Waals surface area contributed by atoms with Crippen molar-refractivity contribution in [1.82, 2.24) is 0 Å². The van der Waals surface area contributed by atoms with Crippen molar-refractivity contribution in [3.8, 4) is 0 Å². The Morgan fingerprint density at radius 1 is 1.47 bits per heavy atom. The van der Waals surface area contributed by atoms with E-state index in [1.54, 1.807) is 0 Å². The molecule has 0 aromatic rings. The van der Waals surface area contributed by atoms with E-state index in [0.29, 0.717) is 12.8 Å². The maximum atomic E-state index is 10.8. The van der Waals surface area contributed by atoms with Crippen LogP contribution in [0.4, 0.5) is 0 Å². The third-order valence-electron chi connectivity index (χ3n) is 2.76. The van der Waals surface area contributed by atoms with E-state index in [1.807, 2.05) is 0 Å². The number of carboxylic acid groups (broad SMARTS) is 1. The van der Waals surface area contributed by atoms with E-state index in [9.17, 15) is 18.3 Å². The lowest BCUT2D eigenvalue weighted by Gasteiger charge is -2.41. The molecule has 1 rings (SSSR count). The lowest BCUT2D eigenvalue weighted by molar-refractivity contribution is -0.159. The average molecular weight is 236 g/mol. The molecule has 6 heteroatoms. The van der Waals surface area contributed by atoms with Crippen LogP contribution in [0.2, 0.25) is 0 Å². The Balaban J connectivity index is 2.27. The van der Waals surface area contributed by atoms with Gasteiger partial charge in [-0.25, -0.2) is 8.42 Å². The van der Waals surface area contributed by atoms with Gasteiger partial charge in [-0.15, -0.1) is 0 Å². The third kappa shape index (κ3) is 3.79. The number of rotatable bonds is 5. The predicted octanol–water partition coefficient (Wildman–Crippen LogP) is 0.0369. The summed E-state index contributed by atoms with van der Waals surface area (Å²) >= 11 is 0. The van der Waals surface area contributed by atoms with Crippen molar-refractivity contribution in [3.05, 3.63) is 0 Å². The van der Waals surface area contributed by atoms with Crippen LogP contribution in [0.1, 0.15) is 25.7 Å². The average Bonchev–Trinajstić information content (AvgIpc) is 1.96. The zero-order valence-electron chi connectivity index (χ0n) is 8.64. The molecular weight excluding hydrogens is 220 g/mol. The third-order valence-corrected chi connectivity index (χ3v) is 3.79. The summed E-state index contributed by atoms with van der Waals surface area (Å²) in [7, 11) is -2.99. The molecule has 0 unspecified atom stereocenters. The van der Waals surface area contributed by atoms with Gasteiger partial charge in [0.25, 0.3) is 0 Å². The van der Waals surface area contributed by atoms with Crippen LogP contribution in [0.15, 0.2) is 0 Å². The normalized spacial score (nSPS) is 30.9. The molecule has 0 aromatic carbocycles. The minimum atomic E-state index is -2.99. The summed E-state index contributed by atoms with van der Waals surface area (Å²) in [4.78, 5) is 10.5. The van der Waals surface area contributed by atoms with Gasteiger partial charge >= 0.3 is 5.97 Å². The fraction of sp³-hybridized carbons (Fsp3) is 0.889. The Morgan fingerprint density at radius 3 is 2.40 bits per heavy atom. The molecule has 1 aliphatic carbocycles. The van der Waals surface area contributed by atoms with Crippen molar-refractivity contribution in [1.29, 1.82) is 0 Å². The Kier molecular flexibility index (Phi) is 3.40. The van der Waals surface area contributed by atoms with Crippen LogP contribution >= 0.6 is 0 Å². The Bertz CT molecular complexity index is 340. The van der Waals surface area contributed by atoms with E-state index in [2.05, 4.69) is 0 Å². The van der Waals surface area contributed by atoms with E-state index in [4.69, 9.17) is 5.11 Å². The van der Waals surface area contributed by atoms with Crippen molar-refractivity contribution in [2.75, 3.05) is 12.0 Å². The van der Waals surface area contributed by atoms with Gasteiger partial charge in [0.1, 0.15) is 9.84 Å². The highest BCUT2D eigenvalue weighted by Gasteiger charge is 2.45. The van der Waals surface area contributed by atoms with Crippen LogP contribution in [0, 0.1) is 5.92 Å². The lowest BCUT2D eigenvalue weighted by Crippen LogP contribution is -2.47. The second kappa shape index (κ2) is 4.09. The molecule has 0 heterocycles. The van der Waals surface area contributed by atoms with E-state index in [-0.39, 0.29) is 18.6 Å². The lowest BCUT2D eigenvalue weighted by atomic mass is 9.69. The highest BCUT2D eigenvalue weighted by molar-refractivity contribution is 7.90. The molecule has 0 saturated heterocycles. The van der Waals surface area contributed by atoms with Gasteiger partial charge in [-0.1, -0.05) is 0 Å². The fourth-order valence-corrected chi connectivity index (χ4v) is 2.57. The summed E-state index contributed by atoms with van der Waals surface area (Å²) < 4.78 is 21.6. The van der Waals surface area contributed by atoms with Crippen molar-refractivity contribution < 1.29 is 23.4 Å². The molecule has 15 heavy (non-hydrogen) atoms. The summed E-state index contributed by atoms with van der Waals surface area (Å²) in [6, 6.07) is 0. The smallest absolute Gasteiger partial charge is 0.306 e. The summed E-state index contributed by atoms with van der Waals surface area (Å²) in [5.41, 5.74) is -0.951. The summed E-state index contributed by atoms with van der Waals surface area (Å²) in [6.45, 7) is 0. The van der Waals surface area contributed by atoms with E-state index < -0.39 is 27.3 Å². The first-order chi connectivity index (χ1) is 6.72. The van der Waals surface area contributed by atoms with Crippen LogP contribution in [0.5, 0.6) is 0 Å².